The fourth-order valence-corrected chi connectivity index (χ4v) is 0.415. The molecule has 0 atom stereocenters. The number of nitrogens with zero attached hydrogens (tertiary/aromatic N) is 3. The fourth-order valence-electron chi connectivity index (χ4n) is 0.415. The van der Waals surface area contributed by atoms with E-state index in [1.54, 1.807) is 11.9 Å². The topological polar surface area (TPSA) is 80.0 Å². The van der Waals surface area contributed by atoms with Gasteiger partial charge in [0.1, 0.15) is 0 Å². The van der Waals surface area contributed by atoms with E-state index in [0.29, 0.717) is 5.96 Å². The van der Waals surface area contributed by atoms with Gasteiger partial charge in [-0.15, -0.1) is 0 Å². The van der Waals surface area contributed by atoms with Gasteiger partial charge in [-0.25, -0.2) is 0 Å². The molecule has 64 valence electrons. The molecule has 4 N–H and O–H groups in total. The van der Waals surface area contributed by atoms with Gasteiger partial charge in [0.25, 0.3) is 0 Å². The van der Waals surface area contributed by atoms with Crippen LogP contribution in [0.5, 0.6) is 0 Å². The van der Waals surface area contributed by atoms with Gasteiger partial charge in [-0.1, -0.05) is 0 Å². The van der Waals surface area contributed by atoms with Crippen molar-refractivity contribution in [2.45, 2.75) is 6.92 Å². The van der Waals surface area contributed by atoms with Gasteiger partial charge in [-0.05, 0) is 6.92 Å². The molecule has 0 aromatic rings. The Balaban J connectivity index is 4.21. The second-order valence-corrected chi connectivity index (χ2v) is 2.07. The summed E-state index contributed by atoms with van der Waals surface area (Å²) in [5.41, 5.74) is 10.8. The van der Waals surface area contributed by atoms with Crippen LogP contribution in [0.3, 0.4) is 0 Å². The molecule has 0 aromatic carbocycles. The Kier molecular flexibility index (Phi) is 4.02. The van der Waals surface area contributed by atoms with Crippen molar-refractivity contribution in [2.75, 3.05) is 20.6 Å². The minimum atomic E-state index is 0.197. The van der Waals surface area contributed by atoms with Crippen molar-refractivity contribution in [2.24, 2.45) is 21.5 Å². The lowest BCUT2D eigenvalue weighted by atomic mass is 10.6. The van der Waals surface area contributed by atoms with E-state index in [9.17, 15) is 0 Å². The molecule has 0 aliphatic carbocycles. The van der Waals surface area contributed by atoms with E-state index in [2.05, 4.69) is 9.98 Å². The van der Waals surface area contributed by atoms with Crippen LogP contribution in [0.25, 0.3) is 0 Å². The first-order chi connectivity index (χ1) is 5.11. The molecule has 0 aliphatic rings. The molecular weight excluding hydrogens is 142 g/mol. The van der Waals surface area contributed by atoms with Crippen LogP contribution in [0, 0.1) is 0 Å². The van der Waals surface area contributed by atoms with Crippen molar-refractivity contribution >= 4 is 11.9 Å². The summed E-state index contributed by atoms with van der Waals surface area (Å²) in [6.07, 6.45) is 0. The first-order valence-corrected chi connectivity index (χ1v) is 3.39. The third-order valence-electron chi connectivity index (χ3n) is 1.32. The molecule has 11 heavy (non-hydrogen) atoms. The summed E-state index contributed by atoms with van der Waals surface area (Å²) in [7, 11) is 3.40. The predicted octanol–water partition coefficient (Wildman–Crippen LogP) is -0.803. The number of hydrogen-bond acceptors (Lipinski definition) is 1. The van der Waals surface area contributed by atoms with Gasteiger partial charge in [0.15, 0.2) is 5.96 Å². The zero-order chi connectivity index (χ0) is 8.85. The molecule has 0 spiro atoms. The minimum absolute atomic E-state index is 0.197. The van der Waals surface area contributed by atoms with E-state index in [-0.39, 0.29) is 5.96 Å². The molecule has 0 aromatic heterocycles. The van der Waals surface area contributed by atoms with E-state index in [0.717, 1.165) is 6.54 Å². The highest BCUT2D eigenvalue weighted by Gasteiger charge is 1.97. The molecule has 0 amide bonds. The lowest BCUT2D eigenvalue weighted by molar-refractivity contribution is 0.530. The summed E-state index contributed by atoms with van der Waals surface area (Å²) < 4.78 is 0. The number of rotatable bonds is 1. The number of hydrogen-bond donors (Lipinski definition) is 2. The van der Waals surface area contributed by atoms with Crippen molar-refractivity contribution in [1.82, 2.24) is 4.90 Å². The Bertz CT molecular complexity index is 172. The Morgan fingerprint density at radius 2 is 2.00 bits per heavy atom. The van der Waals surface area contributed by atoms with Gasteiger partial charge in [0.05, 0.1) is 0 Å². The third-order valence-corrected chi connectivity index (χ3v) is 1.32. The van der Waals surface area contributed by atoms with Gasteiger partial charge in [-0.3, -0.25) is 4.99 Å². The number of guanidine groups is 2. The molecular formula is C6H15N5. The van der Waals surface area contributed by atoms with Gasteiger partial charge in [-0.2, -0.15) is 4.99 Å². The molecule has 0 fully saturated rings. The van der Waals surface area contributed by atoms with Crippen molar-refractivity contribution < 1.29 is 0 Å². The lowest BCUT2D eigenvalue weighted by Crippen LogP contribution is -2.35. The van der Waals surface area contributed by atoms with Crippen molar-refractivity contribution in [3.8, 4) is 0 Å². The second kappa shape index (κ2) is 4.54. The molecule has 0 heterocycles. The average molecular weight is 157 g/mol. The Morgan fingerprint density at radius 1 is 1.45 bits per heavy atom. The van der Waals surface area contributed by atoms with Gasteiger partial charge in [0.2, 0.25) is 5.96 Å². The number of nitrogens with two attached hydrogens (primary N) is 2. The maximum absolute atomic E-state index is 5.52. The van der Waals surface area contributed by atoms with E-state index in [1.165, 1.54) is 0 Å². The van der Waals surface area contributed by atoms with Crippen LogP contribution in [-0.2, 0) is 0 Å². The Morgan fingerprint density at radius 3 is 2.36 bits per heavy atom. The van der Waals surface area contributed by atoms with Crippen molar-refractivity contribution in [3.63, 3.8) is 0 Å². The van der Waals surface area contributed by atoms with Gasteiger partial charge in [0, 0.05) is 20.6 Å². The van der Waals surface area contributed by atoms with E-state index in [4.69, 9.17) is 11.5 Å². The summed E-state index contributed by atoms with van der Waals surface area (Å²) >= 11 is 0. The molecule has 0 unspecified atom stereocenters. The van der Waals surface area contributed by atoms with Crippen LogP contribution in [-0.4, -0.2) is 37.5 Å². The zero-order valence-corrected chi connectivity index (χ0v) is 7.20. The maximum atomic E-state index is 5.52. The van der Waals surface area contributed by atoms with Crippen LogP contribution >= 0.6 is 0 Å². The second-order valence-electron chi connectivity index (χ2n) is 2.07. The summed E-state index contributed by atoms with van der Waals surface area (Å²) in [5, 5.41) is 0. The standard InChI is InChI=1S/C6H15N5/c1-4-11(3)6(8)10-5(7)9-2/h4H2,1-3H3,(H4,7,8,9,10). The monoisotopic (exact) mass is 157 g/mol. The Hall–Kier alpha value is -1.26. The maximum Gasteiger partial charge on any atom is 0.218 e. The van der Waals surface area contributed by atoms with E-state index >= 15 is 0 Å². The molecule has 0 saturated carbocycles. The molecule has 0 aliphatic heterocycles. The van der Waals surface area contributed by atoms with Crippen LogP contribution in [0.1, 0.15) is 6.92 Å². The summed E-state index contributed by atoms with van der Waals surface area (Å²) in [5.74, 6) is 0.582. The predicted molar refractivity (Wildman–Crippen MR) is 47.5 cm³/mol. The van der Waals surface area contributed by atoms with Crippen LogP contribution < -0.4 is 11.5 Å². The highest BCUT2D eigenvalue weighted by Crippen LogP contribution is 1.80. The molecule has 0 saturated heterocycles. The summed E-state index contributed by atoms with van der Waals surface area (Å²) in [6.45, 7) is 2.77. The van der Waals surface area contributed by atoms with E-state index < -0.39 is 0 Å². The largest absolute Gasteiger partial charge is 0.369 e. The van der Waals surface area contributed by atoms with Gasteiger partial charge < -0.3 is 16.4 Å². The molecule has 0 rings (SSSR count). The summed E-state index contributed by atoms with van der Waals surface area (Å²) in [6, 6.07) is 0. The van der Waals surface area contributed by atoms with Gasteiger partial charge >= 0.3 is 0 Å². The first kappa shape index (κ1) is 9.74. The minimum Gasteiger partial charge on any atom is -0.369 e. The van der Waals surface area contributed by atoms with Crippen molar-refractivity contribution in [3.05, 3.63) is 0 Å². The third kappa shape index (κ3) is 3.44. The molecule has 5 nitrogen and oxygen atoms in total. The normalized spacial score (nSPS) is 13.4. The highest BCUT2D eigenvalue weighted by atomic mass is 15.2. The first-order valence-electron chi connectivity index (χ1n) is 3.39. The number of aliphatic imine (C=N–C) groups is 2. The SMILES string of the molecule is CCN(C)C(N)=NC(N)=NC. The smallest absolute Gasteiger partial charge is 0.218 e. The van der Waals surface area contributed by atoms with Crippen LogP contribution in [0.2, 0.25) is 0 Å². The molecule has 0 radical (unpaired) electrons. The quantitative estimate of drug-likeness (QED) is 0.386. The van der Waals surface area contributed by atoms with Crippen molar-refractivity contribution in [1.29, 1.82) is 0 Å². The lowest BCUT2D eigenvalue weighted by Gasteiger charge is -2.14. The van der Waals surface area contributed by atoms with Crippen LogP contribution in [0.4, 0.5) is 0 Å². The molecule has 5 heteroatoms. The van der Waals surface area contributed by atoms with Crippen LogP contribution in [0.15, 0.2) is 9.98 Å². The summed E-state index contributed by atoms with van der Waals surface area (Å²) in [4.78, 5) is 9.24. The zero-order valence-electron chi connectivity index (χ0n) is 7.20. The Labute approximate surface area is 66.8 Å². The van der Waals surface area contributed by atoms with E-state index in [1.807, 2.05) is 14.0 Å². The fraction of sp³-hybridized carbons (Fsp3) is 0.667. The average Bonchev–Trinajstić information content (AvgIpc) is 2.02. The highest BCUT2D eigenvalue weighted by molar-refractivity contribution is 5.93. The molecule has 0 bridgehead atoms.